The molecule has 0 bridgehead atoms. The van der Waals surface area contributed by atoms with Crippen molar-refractivity contribution in [3.8, 4) is 16.8 Å². The van der Waals surface area contributed by atoms with Crippen LogP contribution in [0.25, 0.3) is 38.6 Å². The van der Waals surface area contributed by atoms with Crippen LogP contribution in [0.4, 0.5) is 0 Å². The van der Waals surface area contributed by atoms with Gasteiger partial charge in [0.2, 0.25) is 0 Å². The van der Waals surface area contributed by atoms with Crippen LogP contribution in [0.3, 0.4) is 0 Å². The van der Waals surface area contributed by atoms with E-state index < -0.39 is 0 Å². The first-order chi connectivity index (χ1) is 27.0. The highest BCUT2D eigenvalue weighted by Gasteiger charge is 2.36. The molecule has 1 aliphatic carbocycles. The zero-order valence-corrected chi connectivity index (χ0v) is 32.2. The molecule has 55 heavy (non-hydrogen) atoms. The van der Waals surface area contributed by atoms with Crippen LogP contribution in [-0.2, 0) is 12.0 Å². The number of aliphatic imine (C=N–C) groups is 3. The van der Waals surface area contributed by atoms with Crippen molar-refractivity contribution in [2.45, 2.75) is 45.4 Å². The van der Waals surface area contributed by atoms with Crippen LogP contribution in [0.1, 0.15) is 41.7 Å². The second-order valence-electron chi connectivity index (χ2n) is 14.5. The number of hydrogen-bond acceptors (Lipinski definition) is 3. The van der Waals surface area contributed by atoms with Crippen LogP contribution in [0.2, 0.25) is 0 Å². The van der Waals surface area contributed by atoms with E-state index >= 15 is 0 Å². The van der Waals surface area contributed by atoms with Crippen LogP contribution < -0.4 is 0 Å². The number of amidine groups is 2. The predicted octanol–water partition coefficient (Wildman–Crippen LogP) is 12.8. The molecular formula is C49H36N4S2. The summed E-state index contributed by atoms with van der Waals surface area (Å²) in [6.07, 6.45) is 0. The molecule has 0 atom stereocenters. The summed E-state index contributed by atoms with van der Waals surface area (Å²) in [7, 11) is 0. The minimum atomic E-state index is -0.104. The smallest absolute Gasteiger partial charge is 0.161 e. The highest BCUT2D eigenvalue weighted by atomic mass is 32.2. The lowest BCUT2D eigenvalue weighted by Crippen LogP contribution is -2.15. The molecule has 0 amide bonds. The van der Waals surface area contributed by atoms with Gasteiger partial charge in [-0.3, -0.25) is 4.99 Å². The summed E-state index contributed by atoms with van der Waals surface area (Å²) in [6, 6.07) is 56.1. The van der Waals surface area contributed by atoms with Crippen molar-refractivity contribution in [3.05, 3.63) is 186 Å². The molecule has 6 heteroatoms. The molecule has 0 fully saturated rings. The van der Waals surface area contributed by atoms with Gasteiger partial charge in [0.05, 0.1) is 22.5 Å². The van der Waals surface area contributed by atoms with Crippen molar-refractivity contribution in [2.24, 2.45) is 15.0 Å². The van der Waals surface area contributed by atoms with Crippen molar-refractivity contribution in [3.63, 3.8) is 0 Å². The average molecular weight is 745 g/mol. The molecule has 1 aromatic heterocycles. The highest BCUT2D eigenvalue weighted by Crippen LogP contribution is 2.55. The zero-order valence-electron chi connectivity index (χ0n) is 30.5. The SMILES string of the molecule is C=NC(=NC(=NCc1ccc(-n2c3cc4c(cc3c3ccc5c(c32)Sc2ccccc2S5)-c2ccccc2C4(C)C)cc1)c1ccccc1)c1ccccc1. The lowest BCUT2D eigenvalue weighted by atomic mass is 9.82. The minimum Gasteiger partial charge on any atom is -0.308 e. The Morgan fingerprint density at radius 2 is 1.25 bits per heavy atom. The van der Waals surface area contributed by atoms with E-state index in [4.69, 9.17) is 9.98 Å². The van der Waals surface area contributed by atoms with Gasteiger partial charge in [-0.1, -0.05) is 153 Å². The minimum absolute atomic E-state index is 0.104. The fourth-order valence-electron chi connectivity index (χ4n) is 8.12. The first kappa shape index (κ1) is 33.6. The molecule has 1 aliphatic heterocycles. The molecule has 4 nitrogen and oxygen atoms in total. The monoisotopic (exact) mass is 744 g/mol. The molecule has 0 unspecified atom stereocenters. The van der Waals surface area contributed by atoms with E-state index in [0.29, 0.717) is 18.2 Å². The van der Waals surface area contributed by atoms with Crippen LogP contribution in [0.15, 0.2) is 192 Å². The molecule has 0 radical (unpaired) electrons. The number of benzene rings is 7. The van der Waals surface area contributed by atoms with Gasteiger partial charge in [-0.15, -0.1) is 0 Å². The van der Waals surface area contributed by atoms with Crippen molar-refractivity contribution in [2.75, 3.05) is 0 Å². The highest BCUT2D eigenvalue weighted by molar-refractivity contribution is 8.05. The van der Waals surface area contributed by atoms with E-state index in [9.17, 15) is 0 Å². The van der Waals surface area contributed by atoms with Crippen molar-refractivity contribution < 1.29 is 0 Å². The molecule has 2 heterocycles. The fourth-order valence-corrected chi connectivity index (χ4v) is 10.5. The van der Waals surface area contributed by atoms with Crippen LogP contribution in [-0.4, -0.2) is 23.0 Å². The predicted molar refractivity (Wildman–Crippen MR) is 232 cm³/mol. The molecule has 2 aliphatic rings. The van der Waals surface area contributed by atoms with Gasteiger partial charge in [0.25, 0.3) is 0 Å². The van der Waals surface area contributed by atoms with Crippen LogP contribution >= 0.6 is 23.5 Å². The maximum atomic E-state index is 5.05. The summed E-state index contributed by atoms with van der Waals surface area (Å²) in [5.41, 5.74) is 11.9. The largest absolute Gasteiger partial charge is 0.308 e. The Labute approximate surface area is 329 Å². The summed E-state index contributed by atoms with van der Waals surface area (Å²) in [5.74, 6) is 1.17. The number of nitrogens with zero attached hydrogens (tertiary/aromatic N) is 4. The van der Waals surface area contributed by atoms with Gasteiger partial charge in [-0.05, 0) is 77.0 Å². The number of aromatic nitrogens is 1. The average Bonchev–Trinajstić information content (AvgIpc) is 3.68. The maximum Gasteiger partial charge on any atom is 0.161 e. The third kappa shape index (κ3) is 5.67. The number of fused-ring (bicyclic) bond motifs is 9. The molecule has 0 N–H and O–H groups in total. The Balaban J connectivity index is 1.11. The summed E-state index contributed by atoms with van der Waals surface area (Å²) >= 11 is 3.75. The van der Waals surface area contributed by atoms with Gasteiger partial charge < -0.3 is 4.57 Å². The summed E-state index contributed by atoms with van der Waals surface area (Å²) < 4.78 is 2.50. The first-order valence-electron chi connectivity index (χ1n) is 18.5. The second kappa shape index (κ2) is 13.4. The Kier molecular flexibility index (Phi) is 8.20. The zero-order chi connectivity index (χ0) is 37.1. The molecular weight excluding hydrogens is 709 g/mol. The molecule has 264 valence electrons. The van der Waals surface area contributed by atoms with E-state index in [0.717, 1.165) is 22.4 Å². The summed E-state index contributed by atoms with van der Waals surface area (Å²) in [6.45, 7) is 9.01. The topological polar surface area (TPSA) is 42.0 Å². The Bertz CT molecular complexity index is 2870. The fraction of sp³-hybridized carbons (Fsp3) is 0.0816. The normalized spacial score (nSPS) is 14.4. The lowest BCUT2D eigenvalue weighted by molar-refractivity contribution is 0.661. The molecule has 8 aromatic rings. The maximum absolute atomic E-state index is 5.05. The molecule has 0 saturated carbocycles. The van der Waals surface area contributed by atoms with Gasteiger partial charge >= 0.3 is 0 Å². The van der Waals surface area contributed by atoms with E-state index in [1.54, 1.807) is 0 Å². The van der Waals surface area contributed by atoms with E-state index in [2.05, 4.69) is 127 Å². The van der Waals surface area contributed by atoms with E-state index in [1.165, 1.54) is 63.6 Å². The second-order valence-corrected chi connectivity index (χ2v) is 16.6. The summed E-state index contributed by atoms with van der Waals surface area (Å²) in [4.78, 5) is 19.4. The van der Waals surface area contributed by atoms with E-state index in [1.807, 2.05) is 84.2 Å². The number of rotatable bonds is 5. The van der Waals surface area contributed by atoms with Gasteiger partial charge in [-0.25, -0.2) is 9.98 Å². The molecule has 10 rings (SSSR count). The van der Waals surface area contributed by atoms with Gasteiger partial charge in [0.1, 0.15) is 0 Å². The van der Waals surface area contributed by atoms with Crippen molar-refractivity contribution in [1.29, 1.82) is 0 Å². The summed E-state index contributed by atoms with van der Waals surface area (Å²) in [5, 5.41) is 2.55. The van der Waals surface area contributed by atoms with Gasteiger partial charge in [0, 0.05) is 47.7 Å². The third-order valence-corrected chi connectivity index (χ3v) is 13.5. The number of hydrogen-bond donors (Lipinski definition) is 0. The molecule has 0 saturated heterocycles. The molecule has 0 spiro atoms. The Morgan fingerprint density at radius 1 is 0.600 bits per heavy atom. The van der Waals surface area contributed by atoms with Gasteiger partial charge in [0.15, 0.2) is 11.7 Å². The Morgan fingerprint density at radius 3 is 1.98 bits per heavy atom. The van der Waals surface area contributed by atoms with Crippen molar-refractivity contribution >= 4 is 63.7 Å². The lowest BCUT2D eigenvalue weighted by Gasteiger charge is -2.22. The van der Waals surface area contributed by atoms with Gasteiger partial charge in [-0.2, -0.15) is 0 Å². The van der Waals surface area contributed by atoms with Crippen molar-refractivity contribution in [1.82, 2.24) is 4.57 Å². The standard InChI is InChI=1S/C49H36N4S2/c1-49(2)39-19-11-10-18-35(39)37-28-38-36-26-27-44-46(55-43-21-13-12-20-42(43)54-44)45(36)53(41(38)29-40(37)49)34-24-22-31(23-25-34)30-51-48(33-16-8-5-9-17-33)52-47(50-3)32-14-6-4-7-15-32/h4-29H,3,30H2,1-2H3. The first-order valence-corrected chi connectivity index (χ1v) is 20.1. The quantitative estimate of drug-likeness (QED) is 0.130. The Hall–Kier alpha value is -5.95. The van der Waals surface area contributed by atoms with Crippen LogP contribution in [0.5, 0.6) is 0 Å². The van der Waals surface area contributed by atoms with E-state index in [-0.39, 0.29) is 5.41 Å². The third-order valence-electron chi connectivity index (χ3n) is 10.9. The molecule has 7 aromatic carbocycles. The van der Waals surface area contributed by atoms with Crippen LogP contribution in [0, 0.1) is 0 Å².